The standard InChI is InChI=1S/C20H23N3O4/c1-12(2)27-15-7-5-14(6-8-15)21-20-22-16-10-13(4-9-19(24)25)18(26-3)11-17(16)23-20/h5-8,10-12H,4,9H2,1-3H3,(H,24,25)(H2,21,22,23). The Morgan fingerprint density at radius 3 is 2.63 bits per heavy atom. The molecule has 7 nitrogen and oxygen atoms in total. The number of aromatic nitrogens is 2. The Balaban J connectivity index is 1.80. The predicted octanol–water partition coefficient (Wildman–Crippen LogP) is 4.12. The van der Waals surface area contributed by atoms with Crippen LogP contribution in [-0.2, 0) is 11.2 Å². The van der Waals surface area contributed by atoms with Crippen LogP contribution < -0.4 is 14.8 Å². The molecule has 0 aliphatic rings. The molecule has 0 radical (unpaired) electrons. The fourth-order valence-corrected chi connectivity index (χ4v) is 2.79. The number of carboxylic acid groups (broad SMARTS) is 1. The monoisotopic (exact) mass is 369 g/mol. The van der Waals surface area contributed by atoms with Gasteiger partial charge >= 0.3 is 5.97 Å². The Morgan fingerprint density at radius 1 is 1.26 bits per heavy atom. The molecule has 7 heteroatoms. The Labute approximate surface area is 157 Å². The van der Waals surface area contributed by atoms with Gasteiger partial charge in [0.1, 0.15) is 11.5 Å². The summed E-state index contributed by atoms with van der Waals surface area (Å²) in [7, 11) is 1.57. The summed E-state index contributed by atoms with van der Waals surface area (Å²) in [5.41, 5.74) is 3.27. The van der Waals surface area contributed by atoms with Crippen LogP contribution in [-0.4, -0.2) is 34.3 Å². The molecular formula is C20H23N3O4. The van der Waals surface area contributed by atoms with Crippen molar-refractivity contribution in [3.8, 4) is 11.5 Å². The third-order valence-corrected chi connectivity index (χ3v) is 3.98. The number of aromatic amines is 1. The molecule has 0 saturated heterocycles. The molecule has 0 aliphatic carbocycles. The van der Waals surface area contributed by atoms with E-state index in [1.54, 1.807) is 7.11 Å². The van der Waals surface area contributed by atoms with E-state index in [9.17, 15) is 4.79 Å². The molecule has 3 aromatic rings. The molecule has 0 amide bonds. The highest BCUT2D eigenvalue weighted by molar-refractivity contribution is 5.81. The summed E-state index contributed by atoms with van der Waals surface area (Å²) in [5.74, 6) is 1.21. The maximum atomic E-state index is 10.8. The number of H-pyrrole nitrogens is 1. The first-order valence-electron chi connectivity index (χ1n) is 8.77. The molecule has 3 rings (SSSR count). The second-order valence-corrected chi connectivity index (χ2v) is 6.48. The largest absolute Gasteiger partial charge is 0.496 e. The van der Waals surface area contributed by atoms with Gasteiger partial charge in [0.15, 0.2) is 0 Å². The number of anilines is 2. The lowest BCUT2D eigenvalue weighted by Gasteiger charge is -2.10. The fraction of sp³-hybridized carbons (Fsp3) is 0.300. The first-order valence-corrected chi connectivity index (χ1v) is 8.77. The highest BCUT2D eigenvalue weighted by atomic mass is 16.5. The first kappa shape index (κ1) is 18.6. The topological polar surface area (TPSA) is 96.5 Å². The fourth-order valence-electron chi connectivity index (χ4n) is 2.79. The lowest BCUT2D eigenvalue weighted by atomic mass is 10.1. The lowest BCUT2D eigenvalue weighted by Crippen LogP contribution is -2.05. The number of methoxy groups -OCH3 is 1. The SMILES string of the molecule is COc1cc2nc(Nc3ccc(OC(C)C)cc3)[nH]c2cc1CCC(=O)O. The molecule has 0 spiro atoms. The van der Waals surface area contributed by atoms with Gasteiger partial charge in [-0.3, -0.25) is 4.79 Å². The van der Waals surface area contributed by atoms with E-state index in [1.807, 2.05) is 50.2 Å². The third-order valence-electron chi connectivity index (χ3n) is 3.98. The van der Waals surface area contributed by atoms with Crippen LogP contribution in [0.2, 0.25) is 0 Å². The Morgan fingerprint density at radius 2 is 2.00 bits per heavy atom. The molecule has 0 atom stereocenters. The van der Waals surface area contributed by atoms with E-state index in [0.717, 1.165) is 28.0 Å². The zero-order valence-corrected chi connectivity index (χ0v) is 15.6. The van der Waals surface area contributed by atoms with Crippen LogP contribution in [0.25, 0.3) is 11.0 Å². The maximum absolute atomic E-state index is 10.8. The molecule has 2 aromatic carbocycles. The van der Waals surface area contributed by atoms with Gasteiger partial charge in [-0.05, 0) is 56.2 Å². The molecule has 0 saturated carbocycles. The van der Waals surface area contributed by atoms with Gasteiger partial charge in [0.25, 0.3) is 0 Å². The summed E-state index contributed by atoms with van der Waals surface area (Å²) in [5, 5.41) is 12.1. The molecule has 0 unspecified atom stereocenters. The smallest absolute Gasteiger partial charge is 0.303 e. The molecule has 27 heavy (non-hydrogen) atoms. The van der Waals surface area contributed by atoms with Gasteiger partial charge in [-0.15, -0.1) is 0 Å². The molecule has 0 bridgehead atoms. The third kappa shape index (κ3) is 4.69. The minimum Gasteiger partial charge on any atom is -0.496 e. The highest BCUT2D eigenvalue weighted by Crippen LogP contribution is 2.28. The molecule has 0 fully saturated rings. The number of benzene rings is 2. The minimum absolute atomic E-state index is 0.0475. The van der Waals surface area contributed by atoms with Crippen molar-refractivity contribution in [2.24, 2.45) is 0 Å². The molecule has 3 N–H and O–H groups in total. The normalized spacial score (nSPS) is 11.0. The van der Waals surface area contributed by atoms with Gasteiger partial charge in [-0.25, -0.2) is 4.98 Å². The van der Waals surface area contributed by atoms with Gasteiger partial charge < -0.3 is 24.9 Å². The predicted molar refractivity (Wildman–Crippen MR) is 104 cm³/mol. The summed E-state index contributed by atoms with van der Waals surface area (Å²) in [6, 6.07) is 11.3. The maximum Gasteiger partial charge on any atom is 0.303 e. The van der Waals surface area contributed by atoms with Crippen molar-refractivity contribution < 1.29 is 19.4 Å². The quantitative estimate of drug-likeness (QED) is 0.553. The van der Waals surface area contributed by atoms with Gasteiger partial charge in [0, 0.05) is 18.2 Å². The number of ether oxygens (including phenoxy) is 2. The molecular weight excluding hydrogens is 346 g/mol. The Kier molecular flexibility index (Phi) is 5.49. The lowest BCUT2D eigenvalue weighted by molar-refractivity contribution is -0.136. The van der Waals surface area contributed by atoms with Crippen molar-refractivity contribution in [3.63, 3.8) is 0 Å². The van der Waals surface area contributed by atoms with Crippen LogP contribution in [0.15, 0.2) is 36.4 Å². The number of carboxylic acids is 1. The van der Waals surface area contributed by atoms with Gasteiger partial charge in [-0.2, -0.15) is 0 Å². The number of rotatable bonds is 8. The number of nitrogens with one attached hydrogen (secondary N) is 2. The average Bonchev–Trinajstić information content (AvgIpc) is 3.01. The van der Waals surface area contributed by atoms with Crippen molar-refractivity contribution in [2.45, 2.75) is 32.8 Å². The molecule has 1 aromatic heterocycles. The molecule has 142 valence electrons. The summed E-state index contributed by atoms with van der Waals surface area (Å²) >= 11 is 0. The van der Waals surface area contributed by atoms with E-state index in [1.165, 1.54) is 0 Å². The number of carbonyl (C=O) groups is 1. The number of fused-ring (bicyclic) bond motifs is 1. The Bertz CT molecular complexity index is 932. The average molecular weight is 369 g/mol. The van der Waals surface area contributed by atoms with E-state index in [2.05, 4.69) is 15.3 Å². The summed E-state index contributed by atoms with van der Waals surface area (Å²) in [4.78, 5) is 18.6. The number of hydrogen-bond donors (Lipinski definition) is 3. The van der Waals surface area contributed by atoms with Crippen LogP contribution in [0.1, 0.15) is 25.8 Å². The van der Waals surface area contributed by atoms with Crippen LogP contribution >= 0.6 is 0 Å². The minimum atomic E-state index is -0.839. The number of aryl methyl sites for hydroxylation is 1. The van der Waals surface area contributed by atoms with Gasteiger partial charge in [0.05, 0.1) is 24.2 Å². The molecule has 1 heterocycles. The highest BCUT2D eigenvalue weighted by Gasteiger charge is 2.11. The van der Waals surface area contributed by atoms with Crippen molar-refractivity contribution in [3.05, 3.63) is 42.0 Å². The zero-order chi connectivity index (χ0) is 19.4. The van der Waals surface area contributed by atoms with E-state index in [4.69, 9.17) is 14.6 Å². The summed E-state index contributed by atoms with van der Waals surface area (Å²) in [6.45, 7) is 3.97. The van der Waals surface area contributed by atoms with Crippen LogP contribution in [0.5, 0.6) is 11.5 Å². The van der Waals surface area contributed by atoms with E-state index >= 15 is 0 Å². The van der Waals surface area contributed by atoms with Crippen molar-refractivity contribution >= 4 is 28.6 Å². The van der Waals surface area contributed by atoms with Crippen molar-refractivity contribution in [2.75, 3.05) is 12.4 Å². The second kappa shape index (κ2) is 7.99. The van der Waals surface area contributed by atoms with Gasteiger partial charge in [-0.1, -0.05) is 0 Å². The van der Waals surface area contributed by atoms with E-state index in [-0.39, 0.29) is 12.5 Å². The van der Waals surface area contributed by atoms with E-state index < -0.39 is 5.97 Å². The Hall–Kier alpha value is -3.22. The number of nitrogens with zero attached hydrogens (tertiary/aromatic N) is 1. The summed E-state index contributed by atoms with van der Waals surface area (Å²) < 4.78 is 11.0. The van der Waals surface area contributed by atoms with Crippen molar-refractivity contribution in [1.82, 2.24) is 9.97 Å². The number of imidazole rings is 1. The number of aliphatic carboxylic acids is 1. The van der Waals surface area contributed by atoms with Crippen LogP contribution in [0, 0.1) is 0 Å². The van der Waals surface area contributed by atoms with Crippen molar-refractivity contribution in [1.29, 1.82) is 0 Å². The van der Waals surface area contributed by atoms with Crippen LogP contribution in [0.4, 0.5) is 11.6 Å². The zero-order valence-electron chi connectivity index (χ0n) is 15.6. The summed E-state index contributed by atoms with van der Waals surface area (Å²) in [6.07, 6.45) is 0.573. The van der Waals surface area contributed by atoms with E-state index in [0.29, 0.717) is 18.1 Å². The number of hydrogen-bond acceptors (Lipinski definition) is 5. The second-order valence-electron chi connectivity index (χ2n) is 6.48. The molecule has 0 aliphatic heterocycles. The van der Waals surface area contributed by atoms with Crippen LogP contribution in [0.3, 0.4) is 0 Å². The van der Waals surface area contributed by atoms with Gasteiger partial charge in [0.2, 0.25) is 5.95 Å². The first-order chi connectivity index (χ1) is 12.9.